The van der Waals surface area contributed by atoms with Crippen LogP contribution in [0, 0.1) is 10.1 Å². The van der Waals surface area contributed by atoms with Gasteiger partial charge in [-0.05, 0) is 30.3 Å². The van der Waals surface area contributed by atoms with Crippen molar-refractivity contribution in [2.24, 2.45) is 0 Å². The molecule has 0 saturated carbocycles. The van der Waals surface area contributed by atoms with Crippen LogP contribution >= 0.6 is 11.6 Å². The molecule has 0 radical (unpaired) electrons. The first-order valence-corrected chi connectivity index (χ1v) is 8.55. The predicted molar refractivity (Wildman–Crippen MR) is 99.5 cm³/mol. The van der Waals surface area contributed by atoms with E-state index in [1.807, 2.05) is 6.07 Å². The van der Waals surface area contributed by atoms with Gasteiger partial charge in [0.15, 0.2) is 0 Å². The van der Waals surface area contributed by atoms with Gasteiger partial charge in [0.05, 0.1) is 23.3 Å². The molecule has 7 nitrogen and oxygen atoms in total. The molecule has 1 atom stereocenters. The number of nitro benzene ring substituents is 1. The molecule has 1 aliphatic heterocycles. The van der Waals surface area contributed by atoms with Gasteiger partial charge in [-0.2, -0.15) is 0 Å². The minimum Gasteiger partial charge on any atom is -0.467 e. The molecule has 2 aromatic carbocycles. The minimum atomic E-state index is -0.676. The van der Waals surface area contributed by atoms with E-state index in [0.29, 0.717) is 27.6 Å². The number of carbonyl (C=O) groups is 1. The number of carbonyl (C=O) groups excluding carboxylic acids is 1. The molecule has 3 aromatic rings. The summed E-state index contributed by atoms with van der Waals surface area (Å²) in [5, 5.41) is 14.8. The van der Waals surface area contributed by atoms with Gasteiger partial charge in [-0.3, -0.25) is 14.9 Å². The van der Waals surface area contributed by atoms with E-state index in [1.54, 1.807) is 35.2 Å². The Kier molecular flexibility index (Phi) is 4.29. The number of non-ortho nitro benzene ring substituents is 1. The van der Waals surface area contributed by atoms with Crippen molar-refractivity contribution in [3.8, 4) is 0 Å². The molecule has 1 aliphatic rings. The lowest BCUT2D eigenvalue weighted by Crippen LogP contribution is -2.42. The lowest BCUT2D eigenvalue weighted by molar-refractivity contribution is -0.384. The second-order valence-corrected chi connectivity index (χ2v) is 6.48. The minimum absolute atomic E-state index is 0.0968. The van der Waals surface area contributed by atoms with Gasteiger partial charge in [0, 0.05) is 28.4 Å². The maximum Gasteiger partial charge on any atom is 0.269 e. The quantitative estimate of drug-likeness (QED) is 0.525. The molecule has 27 heavy (non-hydrogen) atoms. The van der Waals surface area contributed by atoms with E-state index in [-0.39, 0.29) is 18.1 Å². The number of fused-ring (bicyclic) bond motifs is 1. The summed E-state index contributed by atoms with van der Waals surface area (Å²) in [6.45, 7) is 0.191. The Morgan fingerprint density at radius 3 is 2.74 bits per heavy atom. The van der Waals surface area contributed by atoms with Crippen LogP contribution in [0.1, 0.15) is 27.8 Å². The van der Waals surface area contributed by atoms with E-state index in [2.05, 4.69) is 5.32 Å². The van der Waals surface area contributed by atoms with Crippen molar-refractivity contribution in [3.63, 3.8) is 0 Å². The molecule has 0 saturated heterocycles. The number of benzene rings is 2. The third kappa shape index (κ3) is 3.13. The molecule has 0 spiro atoms. The maximum atomic E-state index is 13.1. The largest absolute Gasteiger partial charge is 0.467 e. The van der Waals surface area contributed by atoms with Crippen molar-refractivity contribution in [1.82, 2.24) is 4.90 Å². The van der Waals surface area contributed by atoms with Crippen molar-refractivity contribution in [2.75, 3.05) is 5.32 Å². The van der Waals surface area contributed by atoms with Crippen LogP contribution in [0.3, 0.4) is 0 Å². The van der Waals surface area contributed by atoms with Gasteiger partial charge in [0.1, 0.15) is 11.9 Å². The Balaban J connectivity index is 1.82. The standard InChI is InChI=1S/C19H14ClN3O4/c20-16-8-7-12(23(25)26)10-15(16)18-21-17-6-2-1-5-14(17)19(24)22(18)11-13-4-3-9-27-13/h1-10,18,21H,11H2. The number of rotatable bonds is 4. The molecule has 1 amide bonds. The van der Waals surface area contributed by atoms with Crippen LogP contribution in [-0.2, 0) is 6.54 Å². The molecule has 1 unspecified atom stereocenters. The number of furan rings is 1. The number of nitrogens with zero attached hydrogens (tertiary/aromatic N) is 2. The zero-order valence-electron chi connectivity index (χ0n) is 14.0. The second kappa shape index (κ2) is 6.77. The monoisotopic (exact) mass is 383 g/mol. The summed E-state index contributed by atoms with van der Waals surface area (Å²) < 4.78 is 5.39. The normalized spacial score (nSPS) is 16.0. The highest BCUT2D eigenvalue weighted by Gasteiger charge is 2.35. The lowest BCUT2D eigenvalue weighted by Gasteiger charge is -2.38. The summed E-state index contributed by atoms with van der Waals surface area (Å²) in [6.07, 6.45) is 0.852. The number of halogens is 1. The van der Waals surface area contributed by atoms with Gasteiger partial charge in [-0.1, -0.05) is 23.7 Å². The summed E-state index contributed by atoms with van der Waals surface area (Å²) in [6, 6.07) is 14.8. The molecule has 0 fully saturated rings. The van der Waals surface area contributed by atoms with E-state index in [0.717, 1.165) is 0 Å². The van der Waals surface area contributed by atoms with Crippen molar-refractivity contribution in [2.45, 2.75) is 12.7 Å². The fourth-order valence-corrected chi connectivity index (χ4v) is 3.35. The number of hydrogen-bond acceptors (Lipinski definition) is 5. The van der Waals surface area contributed by atoms with E-state index in [1.165, 1.54) is 24.5 Å². The molecule has 4 rings (SSSR count). The SMILES string of the molecule is O=C1c2ccccc2NC(c2cc([N+](=O)[O-])ccc2Cl)N1Cc1ccco1. The molecule has 1 aromatic heterocycles. The van der Waals surface area contributed by atoms with Crippen LogP contribution in [0.4, 0.5) is 11.4 Å². The number of hydrogen-bond donors (Lipinski definition) is 1. The molecule has 0 aliphatic carbocycles. The summed E-state index contributed by atoms with van der Waals surface area (Å²) in [4.78, 5) is 25.4. The fraction of sp³-hybridized carbons (Fsp3) is 0.105. The first kappa shape index (κ1) is 17.1. The van der Waals surface area contributed by atoms with Gasteiger partial charge in [0.25, 0.3) is 11.6 Å². The van der Waals surface area contributed by atoms with E-state index in [4.69, 9.17) is 16.0 Å². The summed E-state index contributed by atoms with van der Waals surface area (Å²) in [5.41, 5.74) is 1.51. The molecular weight excluding hydrogens is 370 g/mol. The van der Waals surface area contributed by atoms with Crippen LogP contribution in [0.2, 0.25) is 5.02 Å². The third-order valence-electron chi connectivity index (χ3n) is 4.41. The third-order valence-corrected chi connectivity index (χ3v) is 4.76. The molecule has 136 valence electrons. The maximum absolute atomic E-state index is 13.1. The average molecular weight is 384 g/mol. The van der Waals surface area contributed by atoms with Crippen LogP contribution < -0.4 is 5.32 Å². The average Bonchev–Trinajstić information content (AvgIpc) is 3.17. The number of para-hydroxylation sites is 1. The first-order valence-electron chi connectivity index (χ1n) is 8.17. The Bertz CT molecular complexity index is 1020. The highest BCUT2D eigenvalue weighted by Crippen LogP contribution is 2.38. The van der Waals surface area contributed by atoms with E-state index in [9.17, 15) is 14.9 Å². The van der Waals surface area contributed by atoms with Gasteiger partial charge in [-0.25, -0.2) is 0 Å². The highest BCUT2D eigenvalue weighted by molar-refractivity contribution is 6.31. The van der Waals surface area contributed by atoms with Crippen molar-refractivity contribution >= 4 is 28.9 Å². The van der Waals surface area contributed by atoms with Gasteiger partial charge in [0.2, 0.25) is 0 Å². The number of amides is 1. The number of nitrogens with one attached hydrogen (secondary N) is 1. The van der Waals surface area contributed by atoms with Gasteiger partial charge in [-0.15, -0.1) is 0 Å². The molecule has 1 N–H and O–H groups in total. The van der Waals surface area contributed by atoms with Crippen molar-refractivity contribution in [3.05, 3.63) is 92.9 Å². The number of nitro groups is 1. The first-order chi connectivity index (χ1) is 13.0. The second-order valence-electron chi connectivity index (χ2n) is 6.07. The molecular formula is C19H14ClN3O4. The Morgan fingerprint density at radius 2 is 2.00 bits per heavy atom. The van der Waals surface area contributed by atoms with Crippen molar-refractivity contribution in [1.29, 1.82) is 0 Å². The fourth-order valence-electron chi connectivity index (χ4n) is 3.13. The zero-order chi connectivity index (χ0) is 19.0. The topological polar surface area (TPSA) is 88.6 Å². The summed E-state index contributed by atoms with van der Waals surface area (Å²) in [7, 11) is 0. The van der Waals surface area contributed by atoms with Crippen LogP contribution in [0.15, 0.2) is 65.3 Å². The summed E-state index contributed by atoms with van der Waals surface area (Å²) >= 11 is 6.33. The van der Waals surface area contributed by atoms with Gasteiger partial charge < -0.3 is 14.6 Å². The van der Waals surface area contributed by atoms with Crippen LogP contribution in [0.25, 0.3) is 0 Å². The number of anilines is 1. The van der Waals surface area contributed by atoms with Crippen LogP contribution in [0.5, 0.6) is 0 Å². The van der Waals surface area contributed by atoms with Gasteiger partial charge >= 0.3 is 0 Å². The predicted octanol–water partition coefficient (Wildman–Crippen LogP) is 4.61. The molecule has 2 heterocycles. The van der Waals surface area contributed by atoms with E-state index < -0.39 is 11.1 Å². The summed E-state index contributed by atoms with van der Waals surface area (Å²) in [5.74, 6) is 0.379. The van der Waals surface area contributed by atoms with Crippen molar-refractivity contribution < 1.29 is 14.1 Å². The Morgan fingerprint density at radius 1 is 1.19 bits per heavy atom. The smallest absolute Gasteiger partial charge is 0.269 e. The molecule has 8 heteroatoms. The van der Waals surface area contributed by atoms with E-state index >= 15 is 0 Å². The highest BCUT2D eigenvalue weighted by atomic mass is 35.5. The lowest BCUT2D eigenvalue weighted by atomic mass is 10.0. The zero-order valence-corrected chi connectivity index (χ0v) is 14.7. The Hall–Kier alpha value is -3.32. The van der Waals surface area contributed by atoms with Crippen LogP contribution in [-0.4, -0.2) is 15.7 Å². The molecule has 0 bridgehead atoms. The Labute approximate surface area is 159 Å².